The van der Waals surface area contributed by atoms with Crippen molar-refractivity contribution in [3.63, 3.8) is 0 Å². The number of amides is 1. The smallest absolute Gasteiger partial charge is 0.280 e. The Morgan fingerprint density at radius 1 is 0.950 bits per heavy atom. The Morgan fingerprint density at radius 2 is 1.57 bits per heavy atom. The molecule has 0 aliphatic heterocycles. The van der Waals surface area contributed by atoms with Crippen molar-refractivity contribution in [2.45, 2.75) is 4.90 Å². The molecule has 0 bridgehead atoms. The molecule has 1 amide bonds. The topological polar surface area (TPSA) is 101 Å². The Labute approximate surface area is 234 Å². The van der Waals surface area contributed by atoms with Gasteiger partial charge < -0.3 is 9.47 Å². The third-order valence-electron chi connectivity index (χ3n) is 5.73. The summed E-state index contributed by atoms with van der Waals surface area (Å²) in [5, 5.41) is 5.50. The highest BCUT2D eigenvalue weighted by molar-refractivity contribution is 7.89. The Bertz CT molecular complexity index is 1590. The molecule has 1 heterocycles. The highest BCUT2D eigenvalue weighted by atomic mass is 32.2. The molecule has 0 aliphatic rings. The number of carbonyl (C=O) groups is 1. The maximum atomic E-state index is 13.8. The van der Waals surface area contributed by atoms with E-state index in [9.17, 15) is 22.0 Å². The zero-order valence-electron chi connectivity index (χ0n) is 21.7. The number of methoxy groups -OCH3 is 2. The Kier molecular flexibility index (Phi) is 9.66. The van der Waals surface area contributed by atoms with Gasteiger partial charge in [-0.3, -0.25) is 4.79 Å². The highest BCUT2D eigenvalue weighted by Crippen LogP contribution is 2.31. The van der Waals surface area contributed by atoms with Crippen LogP contribution in [0.3, 0.4) is 0 Å². The van der Waals surface area contributed by atoms with Gasteiger partial charge in [-0.05, 0) is 60.2 Å². The van der Waals surface area contributed by atoms with E-state index in [1.807, 2.05) is 0 Å². The molecule has 0 spiro atoms. The predicted octanol–water partition coefficient (Wildman–Crippen LogP) is 4.54. The lowest BCUT2D eigenvalue weighted by Gasteiger charge is -2.21. The second-order valence-electron chi connectivity index (χ2n) is 8.44. The summed E-state index contributed by atoms with van der Waals surface area (Å²) in [4.78, 5) is 18.0. The van der Waals surface area contributed by atoms with Gasteiger partial charge in [0.05, 0.1) is 34.5 Å². The van der Waals surface area contributed by atoms with Gasteiger partial charge in [0.1, 0.15) is 11.6 Å². The number of rotatable bonds is 12. The minimum atomic E-state index is -3.89. The van der Waals surface area contributed by atoms with Gasteiger partial charge in [0, 0.05) is 32.9 Å². The van der Waals surface area contributed by atoms with Crippen LogP contribution in [0.5, 0.6) is 0 Å². The normalized spacial score (nSPS) is 12.0. The molecule has 40 heavy (non-hydrogen) atoms. The quantitative estimate of drug-likeness (QED) is 0.178. The fourth-order valence-electron chi connectivity index (χ4n) is 3.62. The number of thiazole rings is 1. The number of hydrogen-bond acceptors (Lipinski definition) is 8. The molecule has 3 aromatic carbocycles. The van der Waals surface area contributed by atoms with Gasteiger partial charge in [0.25, 0.3) is 5.91 Å². The number of benzene rings is 3. The molecule has 0 radical (unpaired) electrons. The van der Waals surface area contributed by atoms with Crippen LogP contribution in [0, 0.1) is 11.6 Å². The Balaban J connectivity index is 1.66. The first-order valence-electron chi connectivity index (χ1n) is 12.0. The standard InChI is InChI=1S/C27H26F2N4O5S2/c1-37-15-13-32(14-16-38-2)40(35,36)23-10-5-20(6-11-23)26(34)33(30-18-19-3-7-21(28)8-4-19)27-31-24-12-9-22(29)17-25(24)39-27/h3-12,17-18H,13-16H2,1-2H3/b30-18+. The van der Waals surface area contributed by atoms with Crippen molar-refractivity contribution in [3.8, 4) is 0 Å². The summed E-state index contributed by atoms with van der Waals surface area (Å²) in [6, 6.07) is 15.0. The first kappa shape index (κ1) is 29.4. The number of aromatic nitrogens is 1. The van der Waals surface area contributed by atoms with E-state index in [2.05, 4.69) is 10.1 Å². The SMILES string of the molecule is COCCN(CCOC)S(=O)(=O)c1ccc(C(=O)N(/N=C/c2ccc(F)cc2)c2nc3ccc(F)cc3s2)cc1. The Morgan fingerprint density at radius 3 is 2.20 bits per heavy atom. The number of halogens is 2. The van der Waals surface area contributed by atoms with E-state index in [-0.39, 0.29) is 41.9 Å². The van der Waals surface area contributed by atoms with Gasteiger partial charge in [0.15, 0.2) is 0 Å². The van der Waals surface area contributed by atoms with Crippen molar-refractivity contribution in [1.29, 1.82) is 0 Å². The molecule has 0 fully saturated rings. The molecule has 13 heteroatoms. The number of hydrogen-bond donors (Lipinski definition) is 0. The number of sulfonamides is 1. The largest absolute Gasteiger partial charge is 0.383 e. The van der Waals surface area contributed by atoms with Crippen LogP contribution < -0.4 is 5.01 Å². The van der Waals surface area contributed by atoms with Crippen molar-refractivity contribution < 1.29 is 31.5 Å². The lowest BCUT2D eigenvalue weighted by molar-refractivity contribution is 0.0987. The average molecular weight is 589 g/mol. The van der Waals surface area contributed by atoms with Gasteiger partial charge >= 0.3 is 0 Å². The van der Waals surface area contributed by atoms with E-state index in [0.717, 1.165) is 16.3 Å². The number of ether oxygens (including phenoxy) is 2. The van der Waals surface area contributed by atoms with E-state index in [0.29, 0.717) is 15.8 Å². The summed E-state index contributed by atoms with van der Waals surface area (Å²) in [6.07, 6.45) is 1.37. The molecule has 0 N–H and O–H groups in total. The molecule has 0 aliphatic carbocycles. The molecule has 0 saturated carbocycles. The molecule has 4 rings (SSSR count). The summed E-state index contributed by atoms with van der Waals surface area (Å²) < 4.78 is 65.4. The number of fused-ring (bicyclic) bond motifs is 1. The molecule has 0 atom stereocenters. The van der Waals surface area contributed by atoms with Crippen LogP contribution in [0.4, 0.5) is 13.9 Å². The maximum Gasteiger partial charge on any atom is 0.280 e. The minimum Gasteiger partial charge on any atom is -0.383 e. The zero-order chi connectivity index (χ0) is 28.7. The second kappa shape index (κ2) is 13.2. The number of nitrogens with zero attached hydrogens (tertiary/aromatic N) is 4. The van der Waals surface area contributed by atoms with E-state index in [4.69, 9.17) is 9.47 Å². The summed E-state index contributed by atoms with van der Waals surface area (Å²) in [7, 11) is -0.929. The van der Waals surface area contributed by atoms with Gasteiger partial charge in [-0.2, -0.15) is 14.4 Å². The summed E-state index contributed by atoms with van der Waals surface area (Å²) in [5.74, 6) is -1.47. The third kappa shape index (κ3) is 6.92. The first-order valence-corrected chi connectivity index (χ1v) is 14.3. The summed E-state index contributed by atoms with van der Waals surface area (Å²) in [6.45, 7) is 0.666. The number of anilines is 1. The van der Waals surface area contributed by atoms with Crippen LogP contribution in [-0.4, -0.2) is 70.4 Å². The van der Waals surface area contributed by atoms with Crippen molar-refractivity contribution in [3.05, 3.63) is 89.5 Å². The number of hydrazone groups is 1. The molecule has 4 aromatic rings. The molecule has 210 valence electrons. The average Bonchev–Trinajstić information content (AvgIpc) is 3.36. The van der Waals surface area contributed by atoms with Crippen LogP contribution in [0.25, 0.3) is 10.2 Å². The lowest BCUT2D eigenvalue weighted by Crippen LogP contribution is -2.36. The monoisotopic (exact) mass is 588 g/mol. The lowest BCUT2D eigenvalue weighted by atomic mass is 10.2. The molecule has 9 nitrogen and oxygen atoms in total. The van der Waals surface area contributed by atoms with Gasteiger partial charge in [-0.1, -0.05) is 23.5 Å². The Hall–Kier alpha value is -3.62. The van der Waals surface area contributed by atoms with Crippen LogP contribution in [0.2, 0.25) is 0 Å². The first-order chi connectivity index (χ1) is 19.2. The van der Waals surface area contributed by atoms with E-state index in [1.165, 1.54) is 91.5 Å². The van der Waals surface area contributed by atoms with Crippen LogP contribution in [-0.2, 0) is 19.5 Å². The zero-order valence-corrected chi connectivity index (χ0v) is 23.3. The van der Waals surface area contributed by atoms with Crippen LogP contribution in [0.1, 0.15) is 15.9 Å². The predicted molar refractivity (Wildman–Crippen MR) is 149 cm³/mol. The molecular formula is C27H26F2N4O5S2. The van der Waals surface area contributed by atoms with Crippen LogP contribution >= 0.6 is 11.3 Å². The highest BCUT2D eigenvalue weighted by Gasteiger charge is 2.26. The van der Waals surface area contributed by atoms with Crippen molar-refractivity contribution in [2.24, 2.45) is 5.10 Å². The van der Waals surface area contributed by atoms with Gasteiger partial charge in [-0.15, -0.1) is 0 Å². The fraction of sp³-hybridized carbons (Fsp3) is 0.222. The molecule has 0 saturated heterocycles. The summed E-state index contributed by atoms with van der Waals surface area (Å²) in [5.41, 5.74) is 1.14. The van der Waals surface area contributed by atoms with E-state index >= 15 is 0 Å². The van der Waals surface area contributed by atoms with Crippen molar-refractivity contribution in [2.75, 3.05) is 45.5 Å². The molecule has 0 unspecified atom stereocenters. The fourth-order valence-corrected chi connectivity index (χ4v) is 5.97. The molecule has 1 aromatic heterocycles. The van der Waals surface area contributed by atoms with Gasteiger partial charge in [0.2, 0.25) is 15.2 Å². The van der Waals surface area contributed by atoms with Crippen molar-refractivity contribution in [1.82, 2.24) is 9.29 Å². The molecular weight excluding hydrogens is 562 g/mol. The van der Waals surface area contributed by atoms with E-state index < -0.39 is 27.6 Å². The second-order valence-corrected chi connectivity index (χ2v) is 11.4. The van der Waals surface area contributed by atoms with E-state index in [1.54, 1.807) is 0 Å². The van der Waals surface area contributed by atoms with Crippen LogP contribution in [0.15, 0.2) is 76.7 Å². The maximum absolute atomic E-state index is 13.8. The number of carbonyl (C=O) groups excluding carboxylic acids is 1. The van der Waals surface area contributed by atoms with Crippen molar-refractivity contribution >= 4 is 48.8 Å². The van der Waals surface area contributed by atoms with Gasteiger partial charge in [-0.25, -0.2) is 22.2 Å². The third-order valence-corrected chi connectivity index (χ3v) is 8.64. The summed E-state index contributed by atoms with van der Waals surface area (Å²) >= 11 is 1.06. The minimum absolute atomic E-state index is 0.00641.